The number of carbonyl (C=O) groups excluding carboxylic acids is 2. The van der Waals surface area contributed by atoms with E-state index in [1.165, 1.54) is 24.5 Å². The lowest BCUT2D eigenvalue weighted by atomic mass is 10.1. The number of hydrogen-bond donors (Lipinski definition) is 1. The first-order valence-corrected chi connectivity index (χ1v) is 5.52. The zero-order valence-corrected chi connectivity index (χ0v) is 9.63. The van der Waals surface area contributed by atoms with Crippen LogP contribution in [0.15, 0.2) is 42.7 Å². The molecule has 0 aliphatic carbocycles. The molecule has 19 heavy (non-hydrogen) atoms. The molecule has 3 rings (SSSR count). The van der Waals surface area contributed by atoms with Crippen molar-refractivity contribution in [3.8, 4) is 0 Å². The molecule has 1 aromatic heterocycles. The van der Waals surface area contributed by atoms with Crippen LogP contribution in [0.2, 0.25) is 0 Å². The maximum absolute atomic E-state index is 13.6. The molecule has 0 radical (unpaired) electrons. The number of fused-ring (bicyclic) bond motifs is 1. The van der Waals surface area contributed by atoms with Crippen LogP contribution in [0, 0.1) is 5.82 Å². The molecule has 2 aromatic rings. The second-order valence-corrected chi connectivity index (χ2v) is 3.96. The van der Waals surface area contributed by atoms with Gasteiger partial charge in [-0.15, -0.1) is 0 Å². The smallest absolute Gasteiger partial charge is 0.283 e. The fourth-order valence-corrected chi connectivity index (χ4v) is 1.90. The number of halogens is 1. The van der Waals surface area contributed by atoms with E-state index >= 15 is 0 Å². The maximum atomic E-state index is 13.6. The van der Waals surface area contributed by atoms with Gasteiger partial charge in [0.25, 0.3) is 11.8 Å². The first-order chi connectivity index (χ1) is 9.18. The number of hydrogen-bond acceptors (Lipinski definition) is 4. The number of aromatic nitrogens is 1. The standard InChI is InChI=1S/C13H8FN3O2/c14-10-3-1-2-9-11(10)13(19)17(12(9)18)16-8-4-6-15-7-5-8/h1-7H,(H,15,16). The summed E-state index contributed by atoms with van der Waals surface area (Å²) in [5.41, 5.74) is 3.02. The van der Waals surface area contributed by atoms with Gasteiger partial charge in [-0.3, -0.25) is 20.0 Å². The summed E-state index contributed by atoms with van der Waals surface area (Å²) in [6.07, 6.45) is 3.03. The van der Waals surface area contributed by atoms with Crippen molar-refractivity contribution in [2.75, 3.05) is 5.43 Å². The summed E-state index contributed by atoms with van der Waals surface area (Å²) in [5.74, 6) is -1.97. The molecule has 0 bridgehead atoms. The van der Waals surface area contributed by atoms with Crippen LogP contribution in [-0.2, 0) is 0 Å². The zero-order chi connectivity index (χ0) is 13.4. The molecule has 0 saturated carbocycles. The van der Waals surface area contributed by atoms with Gasteiger partial charge < -0.3 is 0 Å². The fourth-order valence-electron chi connectivity index (χ4n) is 1.90. The van der Waals surface area contributed by atoms with Crippen LogP contribution in [0.3, 0.4) is 0 Å². The number of hydrazine groups is 1. The van der Waals surface area contributed by atoms with Crippen molar-refractivity contribution in [2.24, 2.45) is 0 Å². The highest BCUT2D eigenvalue weighted by molar-refractivity contribution is 6.22. The SMILES string of the molecule is O=C1c2cccc(F)c2C(=O)N1Nc1ccncc1. The Bertz CT molecular complexity index is 673. The number of carbonyl (C=O) groups is 2. The van der Waals surface area contributed by atoms with Crippen molar-refractivity contribution in [3.05, 3.63) is 59.7 Å². The van der Waals surface area contributed by atoms with Crippen molar-refractivity contribution < 1.29 is 14.0 Å². The number of anilines is 1. The van der Waals surface area contributed by atoms with Gasteiger partial charge in [-0.25, -0.2) is 4.39 Å². The first-order valence-electron chi connectivity index (χ1n) is 5.52. The molecule has 0 spiro atoms. The lowest BCUT2D eigenvalue weighted by Gasteiger charge is -2.15. The molecular formula is C13H8FN3O2. The molecule has 1 N–H and O–H groups in total. The molecule has 94 valence electrons. The van der Waals surface area contributed by atoms with Crippen molar-refractivity contribution in [2.45, 2.75) is 0 Å². The van der Waals surface area contributed by atoms with Crippen molar-refractivity contribution in [1.82, 2.24) is 9.99 Å². The molecule has 2 heterocycles. The van der Waals surface area contributed by atoms with Gasteiger partial charge >= 0.3 is 0 Å². The molecule has 1 aliphatic rings. The second-order valence-electron chi connectivity index (χ2n) is 3.96. The van der Waals surface area contributed by atoms with Gasteiger partial charge in [-0.05, 0) is 24.3 Å². The average Bonchev–Trinajstić information content (AvgIpc) is 2.66. The van der Waals surface area contributed by atoms with Gasteiger partial charge in [0, 0.05) is 12.4 Å². The zero-order valence-electron chi connectivity index (χ0n) is 9.63. The Morgan fingerprint density at radius 2 is 1.79 bits per heavy atom. The largest absolute Gasteiger partial charge is 0.288 e. The lowest BCUT2D eigenvalue weighted by Crippen LogP contribution is -2.35. The molecular weight excluding hydrogens is 249 g/mol. The van der Waals surface area contributed by atoms with E-state index in [2.05, 4.69) is 10.4 Å². The van der Waals surface area contributed by atoms with Crippen molar-refractivity contribution in [3.63, 3.8) is 0 Å². The minimum atomic E-state index is -0.699. The molecule has 0 unspecified atom stereocenters. The quantitative estimate of drug-likeness (QED) is 0.834. The summed E-state index contributed by atoms with van der Waals surface area (Å²) in [6, 6.07) is 7.17. The van der Waals surface area contributed by atoms with E-state index in [9.17, 15) is 14.0 Å². The number of amides is 2. The Hall–Kier alpha value is -2.76. The van der Waals surface area contributed by atoms with Crippen LogP contribution in [0.4, 0.5) is 10.1 Å². The van der Waals surface area contributed by atoms with Crippen molar-refractivity contribution >= 4 is 17.5 Å². The highest BCUT2D eigenvalue weighted by Gasteiger charge is 2.38. The number of nitrogens with zero attached hydrogens (tertiary/aromatic N) is 2. The van der Waals surface area contributed by atoms with Crippen LogP contribution in [0.25, 0.3) is 0 Å². The van der Waals surface area contributed by atoms with E-state index in [0.717, 1.165) is 11.1 Å². The molecule has 1 aliphatic heterocycles. The number of pyridine rings is 1. The van der Waals surface area contributed by atoms with Crippen LogP contribution in [-0.4, -0.2) is 21.8 Å². The predicted molar refractivity (Wildman–Crippen MR) is 64.8 cm³/mol. The first kappa shape index (κ1) is 11.3. The average molecular weight is 257 g/mol. The summed E-state index contributed by atoms with van der Waals surface area (Å²) < 4.78 is 13.6. The number of rotatable bonds is 2. The second kappa shape index (κ2) is 4.16. The van der Waals surface area contributed by atoms with Crippen LogP contribution in [0.5, 0.6) is 0 Å². The predicted octanol–water partition coefficient (Wildman–Crippen LogP) is 1.84. The summed E-state index contributed by atoms with van der Waals surface area (Å²) in [5, 5.41) is 0.795. The van der Waals surface area contributed by atoms with Crippen LogP contribution in [0.1, 0.15) is 20.7 Å². The molecule has 0 saturated heterocycles. The van der Waals surface area contributed by atoms with Gasteiger partial charge in [0.2, 0.25) is 0 Å². The number of nitrogens with one attached hydrogen (secondary N) is 1. The van der Waals surface area contributed by atoms with E-state index in [4.69, 9.17) is 0 Å². The van der Waals surface area contributed by atoms with Gasteiger partial charge in [0.05, 0.1) is 16.8 Å². The van der Waals surface area contributed by atoms with Crippen molar-refractivity contribution in [1.29, 1.82) is 0 Å². The number of imide groups is 1. The third-order valence-corrected chi connectivity index (χ3v) is 2.79. The molecule has 0 fully saturated rings. The van der Waals surface area contributed by atoms with Gasteiger partial charge in [-0.2, -0.15) is 5.01 Å². The Labute approximate surface area is 107 Å². The van der Waals surface area contributed by atoms with Crippen LogP contribution >= 0.6 is 0 Å². The molecule has 5 nitrogen and oxygen atoms in total. The van der Waals surface area contributed by atoms with E-state index < -0.39 is 17.6 Å². The van der Waals surface area contributed by atoms with E-state index in [-0.39, 0.29) is 11.1 Å². The molecule has 6 heteroatoms. The van der Waals surface area contributed by atoms with E-state index in [1.54, 1.807) is 12.1 Å². The minimum absolute atomic E-state index is 0.0616. The van der Waals surface area contributed by atoms with Gasteiger partial charge in [0.1, 0.15) is 5.82 Å². The summed E-state index contributed by atoms with van der Waals surface area (Å²) in [7, 11) is 0. The fraction of sp³-hybridized carbons (Fsp3) is 0. The summed E-state index contributed by atoms with van der Waals surface area (Å²) in [6.45, 7) is 0. The third kappa shape index (κ3) is 1.74. The Morgan fingerprint density at radius 1 is 1.05 bits per heavy atom. The van der Waals surface area contributed by atoms with Crippen LogP contribution < -0.4 is 5.43 Å². The minimum Gasteiger partial charge on any atom is -0.288 e. The molecule has 0 atom stereocenters. The normalized spacial score (nSPS) is 13.6. The number of benzene rings is 1. The monoisotopic (exact) mass is 257 g/mol. The highest BCUT2D eigenvalue weighted by atomic mass is 19.1. The highest BCUT2D eigenvalue weighted by Crippen LogP contribution is 2.25. The topological polar surface area (TPSA) is 62.3 Å². The third-order valence-electron chi connectivity index (χ3n) is 2.79. The molecule has 2 amide bonds. The maximum Gasteiger partial charge on any atom is 0.283 e. The Morgan fingerprint density at radius 3 is 2.47 bits per heavy atom. The van der Waals surface area contributed by atoms with E-state index in [1.807, 2.05) is 0 Å². The Balaban J connectivity index is 1.97. The lowest BCUT2D eigenvalue weighted by molar-refractivity contribution is 0.0690. The Kier molecular flexibility index (Phi) is 2.49. The molecule has 1 aromatic carbocycles. The van der Waals surface area contributed by atoms with Gasteiger partial charge in [-0.1, -0.05) is 6.07 Å². The van der Waals surface area contributed by atoms with Gasteiger partial charge in [0.15, 0.2) is 0 Å². The van der Waals surface area contributed by atoms with E-state index in [0.29, 0.717) is 5.69 Å². The summed E-state index contributed by atoms with van der Waals surface area (Å²) >= 11 is 0. The summed E-state index contributed by atoms with van der Waals surface area (Å²) in [4.78, 5) is 27.9.